The molecule has 0 radical (unpaired) electrons. The fraction of sp³-hybridized carbons (Fsp3) is 0. The molecule has 286 valence electrons. The van der Waals surface area contributed by atoms with Crippen LogP contribution < -0.4 is 0 Å². The number of benzene rings is 11. The first-order valence-corrected chi connectivity index (χ1v) is 22.1. The number of thiophene rings is 1. The number of rotatable bonds is 3. The van der Waals surface area contributed by atoms with Gasteiger partial charge in [0.2, 0.25) is 0 Å². The normalized spacial score (nSPS) is 12.2. The minimum absolute atomic E-state index is 1.01. The predicted octanol–water partition coefficient (Wildman–Crippen LogP) is 16.8. The lowest BCUT2D eigenvalue weighted by Crippen LogP contribution is -1.93. The molecule has 0 saturated heterocycles. The number of hydrogen-bond donors (Lipinski definition) is 0. The summed E-state index contributed by atoms with van der Waals surface area (Å²) in [5, 5.41) is 17.8. The number of nitrogens with zero attached hydrogens (tertiary/aromatic N) is 2. The van der Waals surface area contributed by atoms with Crippen LogP contribution in [0, 0.1) is 0 Å². The predicted molar refractivity (Wildman–Crippen MR) is 267 cm³/mol. The molecule has 0 aliphatic carbocycles. The van der Waals surface area contributed by atoms with Gasteiger partial charge in [-0.15, -0.1) is 11.3 Å². The zero-order valence-corrected chi connectivity index (χ0v) is 34.2. The van der Waals surface area contributed by atoms with Gasteiger partial charge in [0.1, 0.15) is 0 Å². The Bertz CT molecular complexity index is 4160. The van der Waals surface area contributed by atoms with Crippen LogP contribution in [-0.2, 0) is 0 Å². The molecule has 0 aliphatic rings. The third kappa shape index (κ3) is 4.83. The first-order chi connectivity index (χ1) is 30.7. The largest absolute Gasteiger partial charge is 0.291 e. The maximum Gasteiger partial charge on any atom is 0.156 e. The molecule has 14 rings (SSSR count). The molecule has 11 aromatic carbocycles. The summed E-state index contributed by atoms with van der Waals surface area (Å²) in [4.78, 5) is 5.56. The van der Waals surface area contributed by atoms with Gasteiger partial charge < -0.3 is 0 Å². The molecule has 3 heteroatoms. The maximum absolute atomic E-state index is 5.56. The van der Waals surface area contributed by atoms with Gasteiger partial charge in [-0.2, -0.15) is 0 Å². The minimum Gasteiger partial charge on any atom is -0.291 e. The van der Waals surface area contributed by atoms with Crippen molar-refractivity contribution in [3.8, 4) is 33.5 Å². The highest BCUT2D eigenvalue weighted by Gasteiger charge is 2.20. The van der Waals surface area contributed by atoms with E-state index in [0.29, 0.717) is 0 Å². The smallest absolute Gasteiger partial charge is 0.156 e. The van der Waals surface area contributed by atoms with Crippen LogP contribution in [-0.4, -0.2) is 9.38 Å². The van der Waals surface area contributed by atoms with Crippen molar-refractivity contribution in [2.75, 3.05) is 0 Å². The summed E-state index contributed by atoms with van der Waals surface area (Å²) >= 11 is 1.86. The molecule has 0 bridgehead atoms. The molecule has 0 atom stereocenters. The van der Waals surface area contributed by atoms with E-state index in [-0.39, 0.29) is 0 Å². The number of imidazole rings is 1. The second-order valence-electron chi connectivity index (χ2n) is 16.6. The van der Waals surface area contributed by atoms with Gasteiger partial charge in [0.25, 0.3) is 0 Å². The molecular weight excluding hydrogens is 769 g/mol. The summed E-state index contributed by atoms with van der Waals surface area (Å²) < 4.78 is 4.93. The van der Waals surface area contributed by atoms with Crippen LogP contribution in [0.3, 0.4) is 0 Å². The van der Waals surface area contributed by atoms with Crippen molar-refractivity contribution in [3.05, 3.63) is 206 Å². The first kappa shape index (κ1) is 33.9. The average Bonchev–Trinajstić information content (AvgIpc) is 3.93. The Morgan fingerprint density at radius 2 is 0.774 bits per heavy atom. The molecule has 3 aromatic heterocycles. The topological polar surface area (TPSA) is 17.3 Å². The monoisotopic (exact) mass is 802 g/mol. The summed E-state index contributed by atoms with van der Waals surface area (Å²) in [5.74, 6) is 0. The van der Waals surface area contributed by atoms with Gasteiger partial charge in [-0.3, -0.25) is 4.40 Å². The van der Waals surface area contributed by atoms with E-state index in [2.05, 4.69) is 211 Å². The molecule has 0 N–H and O–H groups in total. The Morgan fingerprint density at radius 1 is 0.306 bits per heavy atom. The van der Waals surface area contributed by atoms with Gasteiger partial charge in [-0.25, -0.2) is 4.98 Å². The van der Waals surface area contributed by atoms with E-state index in [1.54, 1.807) is 0 Å². The third-order valence-electron chi connectivity index (χ3n) is 13.4. The summed E-state index contributed by atoms with van der Waals surface area (Å²) in [6.45, 7) is 0. The maximum atomic E-state index is 5.56. The Labute approximate surface area is 360 Å². The van der Waals surface area contributed by atoms with Gasteiger partial charge in [-0.05, 0) is 105 Å². The lowest BCUT2D eigenvalue weighted by molar-refractivity contribution is 1.25. The zero-order chi connectivity index (χ0) is 40.5. The fourth-order valence-corrected chi connectivity index (χ4v) is 11.7. The SMILES string of the molecule is c1ccc2c(c1)ccc1c2ccc2c1nc1c3sc4c5ccccc5ccc4c3cc(-c3ccc(-c4ccc(-c5ccc6c7ccccc7c7ccccc7c6c5)cc4)cc3)n21. The summed E-state index contributed by atoms with van der Waals surface area (Å²) in [5.41, 5.74) is 10.3. The third-order valence-corrected chi connectivity index (χ3v) is 14.6. The van der Waals surface area contributed by atoms with Crippen molar-refractivity contribution in [1.29, 1.82) is 0 Å². The van der Waals surface area contributed by atoms with Crippen LogP contribution in [0.5, 0.6) is 0 Å². The van der Waals surface area contributed by atoms with Gasteiger partial charge in [0.15, 0.2) is 5.65 Å². The molecule has 14 aromatic rings. The van der Waals surface area contributed by atoms with Crippen LogP contribution >= 0.6 is 11.3 Å². The van der Waals surface area contributed by atoms with Gasteiger partial charge in [-0.1, -0.05) is 188 Å². The van der Waals surface area contributed by atoms with Crippen LogP contribution in [0.15, 0.2) is 206 Å². The number of aromatic nitrogens is 2. The van der Waals surface area contributed by atoms with E-state index in [1.807, 2.05) is 11.3 Å². The highest BCUT2D eigenvalue weighted by molar-refractivity contribution is 7.27. The molecule has 0 spiro atoms. The standard InChI is InChI=1S/C59H34N2S/c1-3-11-42-38(9-1)25-29-50-48(42)31-32-54-56(50)60-59-58-53(51-30-26-39-10-2-4-12-43(39)57(51)62-58)34-55(61(54)59)40-23-21-36(22-24-40)35-17-19-37(20-18-35)41-27-28-49-46-15-6-5-13-44(46)45-14-7-8-16-47(45)52(49)33-41/h1-34H. The molecule has 3 heterocycles. The van der Waals surface area contributed by atoms with Crippen LogP contribution in [0.1, 0.15) is 0 Å². The van der Waals surface area contributed by atoms with E-state index in [1.165, 1.54) is 107 Å². The van der Waals surface area contributed by atoms with E-state index in [0.717, 1.165) is 27.9 Å². The Hall–Kier alpha value is -7.85. The van der Waals surface area contributed by atoms with Crippen molar-refractivity contribution in [2.45, 2.75) is 0 Å². The van der Waals surface area contributed by atoms with Crippen LogP contribution in [0.4, 0.5) is 0 Å². The molecule has 0 unspecified atom stereocenters. The van der Waals surface area contributed by atoms with Crippen molar-refractivity contribution in [1.82, 2.24) is 9.38 Å². The fourth-order valence-electron chi connectivity index (χ4n) is 10.4. The summed E-state index contributed by atoms with van der Waals surface area (Å²) in [6.07, 6.45) is 0. The molecular formula is C59H34N2S. The van der Waals surface area contributed by atoms with E-state index < -0.39 is 0 Å². The van der Waals surface area contributed by atoms with Crippen molar-refractivity contribution in [2.24, 2.45) is 0 Å². The van der Waals surface area contributed by atoms with Crippen LogP contribution in [0.2, 0.25) is 0 Å². The number of fused-ring (bicyclic) bond motifs is 19. The second-order valence-corrected chi connectivity index (χ2v) is 17.7. The zero-order valence-electron chi connectivity index (χ0n) is 33.4. The summed E-state index contributed by atoms with van der Waals surface area (Å²) in [6, 6.07) is 76.1. The second kappa shape index (κ2) is 12.8. The van der Waals surface area contributed by atoms with Crippen molar-refractivity contribution < 1.29 is 0 Å². The highest BCUT2D eigenvalue weighted by Crippen LogP contribution is 2.45. The van der Waals surface area contributed by atoms with E-state index in [9.17, 15) is 0 Å². The lowest BCUT2D eigenvalue weighted by atomic mass is 9.92. The van der Waals surface area contributed by atoms with Gasteiger partial charge in [0, 0.05) is 20.9 Å². The lowest BCUT2D eigenvalue weighted by Gasteiger charge is -2.12. The number of pyridine rings is 1. The summed E-state index contributed by atoms with van der Waals surface area (Å²) in [7, 11) is 0. The number of hydrogen-bond acceptors (Lipinski definition) is 2. The van der Waals surface area contributed by atoms with Crippen LogP contribution in [0.25, 0.3) is 135 Å². The molecule has 2 nitrogen and oxygen atoms in total. The first-order valence-electron chi connectivity index (χ1n) is 21.3. The quantitative estimate of drug-likeness (QED) is 0.163. The Morgan fingerprint density at radius 3 is 1.45 bits per heavy atom. The molecule has 0 amide bonds. The molecule has 0 saturated carbocycles. The average molecular weight is 803 g/mol. The molecule has 62 heavy (non-hydrogen) atoms. The van der Waals surface area contributed by atoms with Crippen molar-refractivity contribution in [3.63, 3.8) is 0 Å². The Kier molecular flexibility index (Phi) is 7.02. The molecule has 0 aliphatic heterocycles. The van der Waals surface area contributed by atoms with Crippen molar-refractivity contribution >= 4 is 113 Å². The van der Waals surface area contributed by atoms with Gasteiger partial charge >= 0.3 is 0 Å². The molecule has 0 fully saturated rings. The minimum atomic E-state index is 1.01. The van der Waals surface area contributed by atoms with E-state index in [4.69, 9.17) is 4.98 Å². The highest BCUT2D eigenvalue weighted by atomic mass is 32.1. The van der Waals surface area contributed by atoms with E-state index >= 15 is 0 Å². The Balaban J connectivity index is 0.906. The van der Waals surface area contributed by atoms with Gasteiger partial charge in [0.05, 0.1) is 21.4 Å².